The zero-order valence-corrected chi connectivity index (χ0v) is 34.9. The van der Waals surface area contributed by atoms with Crippen LogP contribution >= 0.6 is 0 Å². The first-order chi connectivity index (χ1) is 24.9. The normalized spacial score (nSPS) is 13.8. The lowest BCUT2D eigenvalue weighted by Crippen LogP contribution is -2.58. The van der Waals surface area contributed by atoms with Crippen molar-refractivity contribution in [2.75, 3.05) is 14.1 Å². The molecular weight excluding hydrogens is 652 g/mol. The lowest BCUT2D eigenvalue weighted by Gasteiger charge is -2.32. The number of aliphatic carboxylic acids is 1. The number of aliphatic hydroxyl groups is 1. The van der Waals surface area contributed by atoms with Crippen molar-refractivity contribution in [3.63, 3.8) is 0 Å². The van der Waals surface area contributed by atoms with Gasteiger partial charge in [0.15, 0.2) is 12.3 Å². The van der Waals surface area contributed by atoms with Crippen LogP contribution in [0, 0.1) is 5.92 Å². The number of amides is 2. The Morgan fingerprint density at radius 1 is 0.654 bits per heavy atom. The molecular formula is C44H85N2O6+. The van der Waals surface area contributed by atoms with Crippen molar-refractivity contribution in [1.29, 1.82) is 0 Å². The van der Waals surface area contributed by atoms with E-state index < -0.39 is 28.8 Å². The summed E-state index contributed by atoms with van der Waals surface area (Å²) in [5.74, 6) is -0.322. The number of carboxylic acids is 1. The predicted molar refractivity (Wildman–Crippen MR) is 217 cm³/mol. The Balaban J connectivity index is 4.16. The van der Waals surface area contributed by atoms with Crippen LogP contribution in [0.25, 0.3) is 0 Å². The van der Waals surface area contributed by atoms with Gasteiger partial charge in [-0.3, -0.25) is 4.79 Å². The van der Waals surface area contributed by atoms with Crippen LogP contribution in [0.1, 0.15) is 214 Å². The number of ether oxygens (including phenoxy) is 1. The Morgan fingerprint density at radius 2 is 1.13 bits per heavy atom. The van der Waals surface area contributed by atoms with E-state index in [9.17, 15) is 24.6 Å². The van der Waals surface area contributed by atoms with E-state index in [0.717, 1.165) is 83.0 Å². The van der Waals surface area contributed by atoms with Gasteiger partial charge in [0.1, 0.15) is 0 Å². The SMILES string of the molecule is CCCCCC[C@@H](O)CC=CCCCCCCCC(=O)NC(CC)OC(=O)[N+](C)(C)C(CCCCCCCCCCCCCCCC(C)C)C(=O)O. The van der Waals surface area contributed by atoms with E-state index >= 15 is 0 Å². The molecule has 3 atom stereocenters. The van der Waals surface area contributed by atoms with Crippen molar-refractivity contribution in [3.05, 3.63) is 12.2 Å². The van der Waals surface area contributed by atoms with Crippen LogP contribution in [0.4, 0.5) is 4.79 Å². The minimum absolute atomic E-state index is 0.150. The van der Waals surface area contributed by atoms with E-state index in [4.69, 9.17) is 4.74 Å². The van der Waals surface area contributed by atoms with Crippen LogP contribution < -0.4 is 5.32 Å². The molecule has 0 radical (unpaired) electrons. The maximum atomic E-state index is 13.2. The summed E-state index contributed by atoms with van der Waals surface area (Å²) in [6.07, 6.45) is 33.7. The van der Waals surface area contributed by atoms with Crippen LogP contribution in [0.2, 0.25) is 0 Å². The molecule has 0 aliphatic heterocycles. The van der Waals surface area contributed by atoms with Gasteiger partial charge in [-0.2, -0.15) is 4.79 Å². The average Bonchev–Trinajstić information content (AvgIpc) is 3.09. The Kier molecular flexibility index (Phi) is 32.4. The fraction of sp³-hybridized carbons (Fsp3) is 0.886. The summed E-state index contributed by atoms with van der Waals surface area (Å²) < 4.78 is 5.24. The Hall–Kier alpha value is -1.93. The van der Waals surface area contributed by atoms with Crippen LogP contribution in [-0.4, -0.2) is 65.1 Å². The molecule has 0 bridgehead atoms. The van der Waals surface area contributed by atoms with E-state index in [-0.39, 0.29) is 12.0 Å². The van der Waals surface area contributed by atoms with Crippen molar-refractivity contribution in [1.82, 2.24) is 5.32 Å². The molecule has 0 saturated heterocycles. The third-order valence-electron chi connectivity index (χ3n) is 10.5. The van der Waals surface area contributed by atoms with E-state index in [1.165, 1.54) is 89.9 Å². The number of carbonyl (C=O) groups excluding carboxylic acids is 2. The molecule has 8 heteroatoms. The second-order valence-corrected chi connectivity index (χ2v) is 16.3. The van der Waals surface area contributed by atoms with E-state index in [2.05, 4.69) is 38.2 Å². The van der Waals surface area contributed by atoms with Gasteiger partial charge < -0.3 is 20.3 Å². The Labute approximate surface area is 320 Å². The molecule has 2 unspecified atom stereocenters. The maximum Gasteiger partial charge on any atom is 0.518 e. The van der Waals surface area contributed by atoms with Gasteiger partial charge in [0.05, 0.1) is 20.2 Å². The van der Waals surface area contributed by atoms with Gasteiger partial charge in [0.2, 0.25) is 5.91 Å². The van der Waals surface area contributed by atoms with Crippen molar-refractivity contribution in [2.24, 2.45) is 5.92 Å². The first-order valence-electron chi connectivity index (χ1n) is 21.9. The molecule has 8 nitrogen and oxygen atoms in total. The second kappa shape index (κ2) is 33.6. The van der Waals surface area contributed by atoms with Gasteiger partial charge in [0.25, 0.3) is 0 Å². The summed E-state index contributed by atoms with van der Waals surface area (Å²) in [7, 11) is 3.19. The topological polar surface area (TPSA) is 113 Å². The number of aliphatic hydroxyl groups excluding tert-OH is 1. The fourth-order valence-electron chi connectivity index (χ4n) is 6.78. The minimum Gasteiger partial charge on any atom is -0.477 e. The van der Waals surface area contributed by atoms with Crippen LogP contribution in [0.3, 0.4) is 0 Å². The molecule has 0 aromatic heterocycles. The zero-order chi connectivity index (χ0) is 38.9. The zero-order valence-electron chi connectivity index (χ0n) is 34.9. The number of allylic oxidation sites excluding steroid dienone is 1. The molecule has 0 fully saturated rings. The van der Waals surface area contributed by atoms with E-state index in [1.54, 1.807) is 14.1 Å². The molecule has 0 aliphatic carbocycles. The molecule has 2 amide bonds. The average molecular weight is 738 g/mol. The molecule has 0 rings (SSSR count). The monoisotopic (exact) mass is 738 g/mol. The van der Waals surface area contributed by atoms with Gasteiger partial charge in [-0.15, -0.1) is 0 Å². The third kappa shape index (κ3) is 28.6. The van der Waals surface area contributed by atoms with Crippen molar-refractivity contribution in [3.8, 4) is 0 Å². The van der Waals surface area contributed by atoms with Crippen molar-refractivity contribution >= 4 is 18.0 Å². The molecule has 0 heterocycles. The molecule has 0 aromatic carbocycles. The van der Waals surface area contributed by atoms with Crippen molar-refractivity contribution in [2.45, 2.75) is 232 Å². The number of likely N-dealkylation sites (N-methyl/N-ethyl adjacent to an activating group) is 1. The van der Waals surface area contributed by atoms with Gasteiger partial charge in [-0.1, -0.05) is 168 Å². The fourth-order valence-corrected chi connectivity index (χ4v) is 6.78. The van der Waals surface area contributed by atoms with Gasteiger partial charge >= 0.3 is 12.1 Å². The highest BCUT2D eigenvalue weighted by Gasteiger charge is 2.43. The quantitative estimate of drug-likeness (QED) is 0.0255. The summed E-state index contributed by atoms with van der Waals surface area (Å²) >= 11 is 0. The van der Waals surface area contributed by atoms with E-state index in [1.807, 2.05) is 6.92 Å². The Bertz CT molecular complexity index is 905. The molecule has 0 aliphatic rings. The largest absolute Gasteiger partial charge is 0.518 e. The number of nitrogens with zero attached hydrogens (tertiary/aromatic N) is 1. The molecule has 52 heavy (non-hydrogen) atoms. The van der Waals surface area contributed by atoms with Gasteiger partial charge in [0, 0.05) is 19.3 Å². The summed E-state index contributed by atoms with van der Waals surface area (Å²) in [6.45, 7) is 8.64. The highest BCUT2D eigenvalue weighted by Crippen LogP contribution is 2.20. The molecule has 0 saturated carbocycles. The third-order valence-corrected chi connectivity index (χ3v) is 10.5. The highest BCUT2D eigenvalue weighted by molar-refractivity contribution is 5.77. The summed E-state index contributed by atoms with van der Waals surface area (Å²) in [5.41, 5.74) is 0. The number of nitrogens with one attached hydrogen (secondary N) is 1. The maximum absolute atomic E-state index is 13.2. The standard InChI is InChI=1S/C44H84N2O6/c1-7-9-10-29-34-39(47)35-30-25-21-18-19-23-27-32-37-41(48)45-42(8-2)52-44(51)46(5,6)40(43(49)50)36-31-26-22-17-15-13-11-12-14-16-20-24-28-33-38(3)4/h25,30,38-40,42,47H,7-24,26-29,31-37H2,1-6H3,(H-,45,48,49,50)/p+1/t39-,40?,42?/m1/s1. The predicted octanol–water partition coefficient (Wildman–Crippen LogP) is 12.0. The summed E-state index contributed by atoms with van der Waals surface area (Å²) in [6, 6.07) is -0.895. The number of rotatable bonds is 36. The second-order valence-electron chi connectivity index (χ2n) is 16.3. The molecule has 0 aromatic rings. The summed E-state index contributed by atoms with van der Waals surface area (Å²) in [5, 5.41) is 22.9. The van der Waals surface area contributed by atoms with Gasteiger partial charge in [-0.05, 0) is 44.4 Å². The number of quaternary nitrogens is 1. The van der Waals surface area contributed by atoms with Crippen molar-refractivity contribution < 1.29 is 33.8 Å². The number of unbranched alkanes of at least 4 members (excludes halogenated alkanes) is 20. The number of hydrogen-bond donors (Lipinski definition) is 3. The smallest absolute Gasteiger partial charge is 0.477 e. The van der Waals surface area contributed by atoms with E-state index in [0.29, 0.717) is 19.3 Å². The summed E-state index contributed by atoms with van der Waals surface area (Å²) in [4.78, 5) is 38.0. The van der Waals surface area contributed by atoms with Crippen LogP contribution in [0.15, 0.2) is 12.2 Å². The number of hydrogen-bond acceptors (Lipinski definition) is 5. The highest BCUT2D eigenvalue weighted by atomic mass is 16.6. The minimum atomic E-state index is -0.998. The lowest BCUT2D eigenvalue weighted by atomic mass is 10.0. The molecule has 3 N–H and O–H groups in total. The number of carbonyl (C=O) groups is 3. The molecule has 0 spiro atoms. The first-order valence-corrected chi connectivity index (χ1v) is 21.9. The van der Waals surface area contributed by atoms with Crippen LogP contribution in [0.5, 0.6) is 0 Å². The molecule has 306 valence electrons. The Morgan fingerprint density at radius 3 is 1.65 bits per heavy atom. The lowest BCUT2D eigenvalue weighted by molar-refractivity contribution is -0.836. The number of carboxylic acid groups (broad SMARTS) is 1. The van der Waals surface area contributed by atoms with Gasteiger partial charge in [-0.25, -0.2) is 9.28 Å². The van der Waals surface area contributed by atoms with Crippen LogP contribution in [-0.2, 0) is 14.3 Å². The first kappa shape index (κ1) is 50.1.